The summed E-state index contributed by atoms with van der Waals surface area (Å²) >= 11 is 0. The van der Waals surface area contributed by atoms with E-state index in [1.807, 2.05) is 11.0 Å². The van der Waals surface area contributed by atoms with Crippen LogP contribution in [0, 0.1) is 0 Å². The third-order valence-corrected chi connectivity index (χ3v) is 4.91. The van der Waals surface area contributed by atoms with E-state index in [1.165, 1.54) is 0 Å². The molecule has 0 aromatic carbocycles. The molecule has 150 valence electrons. The molecule has 0 radical (unpaired) electrons. The van der Waals surface area contributed by atoms with Crippen molar-refractivity contribution in [2.24, 2.45) is 0 Å². The first-order valence-corrected chi connectivity index (χ1v) is 10.7. The highest BCUT2D eigenvalue weighted by Crippen LogP contribution is 2.24. The van der Waals surface area contributed by atoms with Crippen LogP contribution < -0.4 is 14.9 Å². The molecule has 2 aromatic rings. The number of nitrogens with zero attached hydrogens (tertiary/aromatic N) is 4. The van der Waals surface area contributed by atoms with Gasteiger partial charge in [-0.2, -0.15) is 0 Å². The number of anilines is 2. The number of rotatable bonds is 8. The summed E-state index contributed by atoms with van der Waals surface area (Å²) in [6.45, 7) is 1.35. The maximum absolute atomic E-state index is 11.5. The van der Waals surface area contributed by atoms with Crippen molar-refractivity contribution in [3.63, 3.8) is 0 Å². The summed E-state index contributed by atoms with van der Waals surface area (Å²) in [5.74, 6) is 0.633. The molecule has 0 amide bonds. The lowest BCUT2D eigenvalue weighted by Crippen LogP contribution is -2.36. The van der Waals surface area contributed by atoms with Gasteiger partial charge in [-0.1, -0.05) is 6.07 Å². The van der Waals surface area contributed by atoms with E-state index in [1.54, 1.807) is 24.4 Å². The van der Waals surface area contributed by atoms with Crippen LogP contribution in [0.5, 0.6) is 0 Å². The molecule has 0 spiro atoms. The van der Waals surface area contributed by atoms with Crippen molar-refractivity contribution in [2.75, 3.05) is 36.1 Å². The zero-order chi connectivity index (χ0) is 20.1. The normalized spacial score (nSPS) is 16.9. The molecule has 1 saturated heterocycles. The zero-order valence-electron chi connectivity index (χ0n) is 15.4. The number of hydrogen-bond acceptors (Lipinski definition) is 8. The number of nitrogens with one attached hydrogen (secondary N) is 2. The highest BCUT2D eigenvalue weighted by molar-refractivity contribution is 7.88. The predicted octanol–water partition coefficient (Wildman–Crippen LogP) is 0.553. The van der Waals surface area contributed by atoms with Gasteiger partial charge in [0.15, 0.2) is 5.82 Å². The van der Waals surface area contributed by atoms with Crippen molar-refractivity contribution in [1.82, 2.24) is 19.7 Å². The van der Waals surface area contributed by atoms with Crippen molar-refractivity contribution in [3.05, 3.63) is 30.5 Å². The van der Waals surface area contributed by atoms with Crippen LogP contribution in [0.4, 0.5) is 11.6 Å². The minimum absolute atomic E-state index is 0.0394. The minimum Gasteiger partial charge on any atom is -0.481 e. The van der Waals surface area contributed by atoms with E-state index in [2.05, 4.69) is 25.0 Å². The molecule has 3 heterocycles. The molecule has 0 bridgehead atoms. The second-order valence-electron chi connectivity index (χ2n) is 6.54. The van der Waals surface area contributed by atoms with Crippen molar-refractivity contribution in [3.8, 4) is 11.5 Å². The van der Waals surface area contributed by atoms with E-state index >= 15 is 0 Å². The monoisotopic (exact) mass is 406 g/mol. The van der Waals surface area contributed by atoms with Gasteiger partial charge in [0.05, 0.1) is 12.7 Å². The highest BCUT2D eigenvalue weighted by Gasteiger charge is 2.26. The van der Waals surface area contributed by atoms with Crippen LogP contribution in [-0.4, -0.2) is 66.4 Å². The van der Waals surface area contributed by atoms with Crippen molar-refractivity contribution >= 4 is 27.6 Å². The summed E-state index contributed by atoms with van der Waals surface area (Å²) in [7, 11) is -3.28. The quantitative estimate of drug-likeness (QED) is 0.574. The Morgan fingerprint density at radius 2 is 2.18 bits per heavy atom. The fourth-order valence-corrected chi connectivity index (χ4v) is 3.76. The predicted molar refractivity (Wildman–Crippen MR) is 105 cm³/mol. The van der Waals surface area contributed by atoms with Gasteiger partial charge in [-0.15, -0.1) is 0 Å². The molecule has 1 unspecified atom stereocenters. The molecule has 0 saturated carbocycles. The average molecular weight is 406 g/mol. The molecule has 3 rings (SSSR count). The van der Waals surface area contributed by atoms with E-state index in [0.29, 0.717) is 42.7 Å². The molecule has 2 aromatic heterocycles. The molecule has 28 heavy (non-hydrogen) atoms. The van der Waals surface area contributed by atoms with Crippen LogP contribution in [0.15, 0.2) is 30.5 Å². The van der Waals surface area contributed by atoms with Gasteiger partial charge in [-0.3, -0.25) is 9.78 Å². The summed E-state index contributed by atoms with van der Waals surface area (Å²) in [4.78, 5) is 26.0. The first-order chi connectivity index (χ1) is 13.3. The summed E-state index contributed by atoms with van der Waals surface area (Å²) in [5.41, 5.74) is 0.593. The topological polar surface area (TPSA) is 137 Å². The minimum atomic E-state index is -3.28. The molecular formula is C17H22N6O4S. The first-order valence-electron chi connectivity index (χ1n) is 8.78. The SMILES string of the molecule is CS(=O)(=O)NC1CCN(c2cc(NCCC(=O)O)nc(-c3ccccn3)n2)C1. The number of aliphatic carboxylic acids is 1. The molecule has 0 aliphatic carbocycles. The number of aromatic nitrogens is 3. The Bertz CT molecular complexity index is 938. The van der Waals surface area contributed by atoms with Crippen LogP contribution in [0.1, 0.15) is 12.8 Å². The smallest absolute Gasteiger partial charge is 0.305 e. The molecule has 1 aliphatic rings. The number of hydrogen-bond donors (Lipinski definition) is 3. The summed E-state index contributed by atoms with van der Waals surface area (Å²) in [5, 5.41) is 11.8. The summed E-state index contributed by atoms with van der Waals surface area (Å²) in [6.07, 6.45) is 3.41. The van der Waals surface area contributed by atoms with Crippen molar-refractivity contribution < 1.29 is 18.3 Å². The molecule has 1 atom stereocenters. The third-order valence-electron chi connectivity index (χ3n) is 4.14. The van der Waals surface area contributed by atoms with E-state index in [4.69, 9.17) is 5.11 Å². The second-order valence-corrected chi connectivity index (χ2v) is 8.32. The van der Waals surface area contributed by atoms with Crippen LogP contribution in [0.3, 0.4) is 0 Å². The fraction of sp³-hybridized carbons (Fsp3) is 0.412. The lowest BCUT2D eigenvalue weighted by molar-refractivity contribution is -0.136. The molecule has 3 N–H and O–H groups in total. The highest BCUT2D eigenvalue weighted by atomic mass is 32.2. The Kier molecular flexibility index (Phi) is 6.05. The van der Waals surface area contributed by atoms with E-state index in [-0.39, 0.29) is 19.0 Å². The maximum Gasteiger partial charge on any atom is 0.305 e. The van der Waals surface area contributed by atoms with Crippen molar-refractivity contribution in [1.29, 1.82) is 0 Å². The van der Waals surface area contributed by atoms with Gasteiger partial charge in [0, 0.05) is 37.9 Å². The van der Waals surface area contributed by atoms with Gasteiger partial charge in [0.1, 0.15) is 17.3 Å². The Morgan fingerprint density at radius 1 is 1.36 bits per heavy atom. The second kappa shape index (κ2) is 8.48. The molecule has 1 aliphatic heterocycles. The number of carboxylic acid groups (broad SMARTS) is 1. The van der Waals surface area contributed by atoms with Crippen LogP contribution >= 0.6 is 0 Å². The van der Waals surface area contributed by atoms with Crippen molar-refractivity contribution in [2.45, 2.75) is 18.9 Å². The van der Waals surface area contributed by atoms with E-state index in [9.17, 15) is 13.2 Å². The Morgan fingerprint density at radius 3 is 2.86 bits per heavy atom. The Balaban J connectivity index is 1.84. The van der Waals surface area contributed by atoms with Gasteiger partial charge in [-0.05, 0) is 18.6 Å². The van der Waals surface area contributed by atoms with Gasteiger partial charge in [-0.25, -0.2) is 23.1 Å². The fourth-order valence-electron chi connectivity index (χ4n) is 2.96. The van der Waals surface area contributed by atoms with E-state index < -0.39 is 16.0 Å². The van der Waals surface area contributed by atoms with Gasteiger partial charge in [0.2, 0.25) is 10.0 Å². The van der Waals surface area contributed by atoms with E-state index in [0.717, 1.165) is 6.26 Å². The largest absolute Gasteiger partial charge is 0.481 e. The molecule has 1 fully saturated rings. The number of sulfonamides is 1. The van der Waals surface area contributed by atoms with Crippen LogP contribution in [0.2, 0.25) is 0 Å². The number of carbonyl (C=O) groups is 1. The van der Waals surface area contributed by atoms with Crippen LogP contribution in [0.25, 0.3) is 11.5 Å². The Hall–Kier alpha value is -2.79. The summed E-state index contributed by atoms with van der Waals surface area (Å²) in [6, 6.07) is 6.96. The number of carboxylic acids is 1. The molecular weight excluding hydrogens is 384 g/mol. The summed E-state index contributed by atoms with van der Waals surface area (Å²) < 4.78 is 25.6. The molecule has 11 heteroatoms. The van der Waals surface area contributed by atoms with Gasteiger partial charge < -0.3 is 15.3 Å². The number of pyridine rings is 1. The maximum atomic E-state index is 11.5. The third kappa shape index (κ3) is 5.60. The zero-order valence-corrected chi connectivity index (χ0v) is 16.2. The first kappa shape index (κ1) is 20.0. The lowest BCUT2D eigenvalue weighted by atomic mass is 10.3. The lowest BCUT2D eigenvalue weighted by Gasteiger charge is -2.19. The van der Waals surface area contributed by atoms with Gasteiger partial charge >= 0.3 is 5.97 Å². The van der Waals surface area contributed by atoms with Gasteiger partial charge in [0.25, 0.3) is 0 Å². The molecule has 10 nitrogen and oxygen atoms in total. The standard InChI is InChI=1S/C17H22N6O4S/c1-28(26,27)22-12-6-9-23(11-12)15-10-14(19-8-5-16(24)25)20-17(21-15)13-4-2-3-7-18-13/h2-4,7,10,12,22H,5-6,8-9,11H2,1H3,(H,24,25)(H,19,20,21). The Labute approximate surface area is 163 Å². The van der Waals surface area contributed by atoms with Crippen LogP contribution in [-0.2, 0) is 14.8 Å². The average Bonchev–Trinajstić information content (AvgIpc) is 3.08.